The molecule has 0 aliphatic heterocycles. The Morgan fingerprint density at radius 2 is 1.79 bits per heavy atom. The van der Waals surface area contributed by atoms with Crippen molar-refractivity contribution in [1.82, 2.24) is 10.3 Å². The first kappa shape index (κ1) is 16.2. The Hall–Kier alpha value is -2.69. The van der Waals surface area contributed by atoms with Gasteiger partial charge in [-0.3, -0.25) is 14.6 Å². The van der Waals surface area contributed by atoms with Crippen LogP contribution in [0.3, 0.4) is 0 Å². The maximum atomic E-state index is 12.3. The van der Waals surface area contributed by atoms with Gasteiger partial charge in [0.25, 0.3) is 0 Å². The summed E-state index contributed by atoms with van der Waals surface area (Å²) in [6.07, 6.45) is 4.00. The maximum Gasteiger partial charge on any atom is 0.228 e. The molecule has 1 aromatic carbocycles. The summed E-state index contributed by atoms with van der Waals surface area (Å²) in [5.41, 5.74) is 4.01. The Bertz CT molecular complexity index is 758. The minimum absolute atomic E-state index is 0.0621. The van der Waals surface area contributed by atoms with Gasteiger partial charge < -0.3 is 10.6 Å². The molecule has 2 aromatic rings. The molecule has 0 spiro atoms. The fourth-order valence-electron chi connectivity index (χ4n) is 2.71. The number of carbonyl (C=O) groups excluding carboxylic acids is 2. The SMILES string of the molecule is Cc1cccc(NC(=O)C2CC2C(=O)NCc2ccncc2)c1C. The van der Waals surface area contributed by atoms with Gasteiger partial charge >= 0.3 is 0 Å². The summed E-state index contributed by atoms with van der Waals surface area (Å²) in [5.74, 6) is -0.597. The van der Waals surface area contributed by atoms with E-state index in [0.717, 1.165) is 22.4 Å². The van der Waals surface area contributed by atoms with Gasteiger partial charge in [0.2, 0.25) is 11.8 Å². The first-order chi connectivity index (χ1) is 11.6. The molecule has 2 N–H and O–H groups in total. The van der Waals surface area contributed by atoms with E-state index in [0.29, 0.717) is 13.0 Å². The van der Waals surface area contributed by atoms with Crippen LogP contribution in [-0.4, -0.2) is 16.8 Å². The van der Waals surface area contributed by atoms with Gasteiger partial charge in [-0.1, -0.05) is 12.1 Å². The summed E-state index contributed by atoms with van der Waals surface area (Å²) < 4.78 is 0. The quantitative estimate of drug-likeness (QED) is 0.888. The van der Waals surface area contributed by atoms with Crippen molar-refractivity contribution in [3.63, 3.8) is 0 Å². The zero-order valence-corrected chi connectivity index (χ0v) is 13.9. The molecule has 124 valence electrons. The summed E-state index contributed by atoms with van der Waals surface area (Å²) in [4.78, 5) is 28.4. The summed E-state index contributed by atoms with van der Waals surface area (Å²) in [5, 5.41) is 5.83. The van der Waals surface area contributed by atoms with Crippen molar-refractivity contribution in [2.75, 3.05) is 5.32 Å². The number of aromatic nitrogens is 1. The molecule has 2 unspecified atom stereocenters. The molecule has 0 radical (unpaired) electrons. The molecule has 0 bridgehead atoms. The lowest BCUT2D eigenvalue weighted by Gasteiger charge is -2.10. The Morgan fingerprint density at radius 3 is 2.54 bits per heavy atom. The van der Waals surface area contributed by atoms with E-state index < -0.39 is 0 Å². The van der Waals surface area contributed by atoms with Crippen molar-refractivity contribution in [2.24, 2.45) is 11.8 Å². The van der Waals surface area contributed by atoms with Crippen molar-refractivity contribution >= 4 is 17.5 Å². The maximum absolute atomic E-state index is 12.3. The zero-order chi connectivity index (χ0) is 17.1. The fraction of sp³-hybridized carbons (Fsp3) is 0.316. The van der Waals surface area contributed by atoms with Crippen molar-refractivity contribution < 1.29 is 9.59 Å². The second kappa shape index (κ2) is 6.83. The average molecular weight is 323 g/mol. The summed E-state index contributed by atoms with van der Waals surface area (Å²) in [7, 11) is 0. The van der Waals surface area contributed by atoms with Gasteiger partial charge in [0.1, 0.15) is 0 Å². The molecule has 1 fully saturated rings. The first-order valence-corrected chi connectivity index (χ1v) is 8.10. The topological polar surface area (TPSA) is 71.1 Å². The van der Waals surface area contributed by atoms with E-state index in [1.54, 1.807) is 12.4 Å². The monoisotopic (exact) mass is 323 g/mol. The Balaban J connectivity index is 1.52. The molecule has 1 aliphatic carbocycles. The normalized spacial score (nSPS) is 18.8. The lowest BCUT2D eigenvalue weighted by atomic mass is 10.1. The summed E-state index contributed by atoms with van der Waals surface area (Å²) >= 11 is 0. The van der Waals surface area contributed by atoms with Crippen LogP contribution in [0.2, 0.25) is 0 Å². The minimum Gasteiger partial charge on any atom is -0.352 e. The van der Waals surface area contributed by atoms with E-state index in [9.17, 15) is 9.59 Å². The van der Waals surface area contributed by atoms with Gasteiger partial charge in [-0.25, -0.2) is 0 Å². The zero-order valence-electron chi connectivity index (χ0n) is 13.9. The van der Waals surface area contributed by atoms with Crippen LogP contribution in [0.5, 0.6) is 0 Å². The van der Waals surface area contributed by atoms with Gasteiger partial charge in [-0.15, -0.1) is 0 Å². The van der Waals surface area contributed by atoms with E-state index in [1.807, 2.05) is 44.2 Å². The van der Waals surface area contributed by atoms with Crippen LogP contribution >= 0.6 is 0 Å². The molecule has 3 rings (SSSR count). The molecule has 0 saturated heterocycles. The number of benzene rings is 1. The highest BCUT2D eigenvalue weighted by molar-refractivity contribution is 6.00. The van der Waals surface area contributed by atoms with Crippen LogP contribution in [0.15, 0.2) is 42.7 Å². The lowest BCUT2D eigenvalue weighted by molar-refractivity contribution is -0.125. The number of pyridine rings is 1. The third kappa shape index (κ3) is 3.62. The number of hydrogen-bond acceptors (Lipinski definition) is 3. The Labute approximate surface area is 141 Å². The molecule has 1 heterocycles. The minimum atomic E-state index is -0.234. The van der Waals surface area contributed by atoms with Gasteiger partial charge in [0.15, 0.2) is 0 Å². The van der Waals surface area contributed by atoms with Gasteiger partial charge in [0, 0.05) is 24.6 Å². The molecule has 24 heavy (non-hydrogen) atoms. The first-order valence-electron chi connectivity index (χ1n) is 8.10. The van der Waals surface area contributed by atoms with Gasteiger partial charge in [-0.2, -0.15) is 0 Å². The van der Waals surface area contributed by atoms with Crippen LogP contribution in [0.25, 0.3) is 0 Å². The highest BCUT2D eigenvalue weighted by Gasteiger charge is 2.47. The lowest BCUT2D eigenvalue weighted by Crippen LogP contribution is -2.27. The van der Waals surface area contributed by atoms with E-state index >= 15 is 0 Å². The van der Waals surface area contributed by atoms with Crippen LogP contribution in [-0.2, 0) is 16.1 Å². The molecule has 5 heteroatoms. The van der Waals surface area contributed by atoms with E-state index in [4.69, 9.17) is 0 Å². The molecule has 1 aromatic heterocycles. The number of carbonyl (C=O) groups is 2. The standard InChI is InChI=1S/C19H21N3O2/c1-12-4-3-5-17(13(12)2)22-19(24)16-10-15(16)18(23)21-11-14-6-8-20-9-7-14/h3-9,15-16H,10-11H2,1-2H3,(H,21,23)(H,22,24). The van der Waals surface area contributed by atoms with Gasteiger partial charge in [0.05, 0.1) is 11.8 Å². The molecule has 2 atom stereocenters. The number of anilines is 1. The number of aryl methyl sites for hydroxylation is 1. The number of amides is 2. The molecule has 1 aliphatic rings. The van der Waals surface area contributed by atoms with E-state index in [-0.39, 0.29) is 23.7 Å². The number of rotatable bonds is 5. The smallest absolute Gasteiger partial charge is 0.228 e. The number of nitrogens with one attached hydrogen (secondary N) is 2. The second-order valence-corrected chi connectivity index (χ2v) is 6.26. The molecule has 5 nitrogen and oxygen atoms in total. The fourth-order valence-corrected chi connectivity index (χ4v) is 2.71. The van der Waals surface area contributed by atoms with Crippen molar-refractivity contribution in [3.8, 4) is 0 Å². The largest absolute Gasteiger partial charge is 0.352 e. The van der Waals surface area contributed by atoms with Crippen LogP contribution < -0.4 is 10.6 Å². The number of hydrogen-bond donors (Lipinski definition) is 2. The molecule has 1 saturated carbocycles. The molecule has 2 amide bonds. The van der Waals surface area contributed by atoms with E-state index in [1.165, 1.54) is 0 Å². The highest BCUT2D eigenvalue weighted by Crippen LogP contribution is 2.39. The average Bonchev–Trinajstić information content (AvgIpc) is 3.39. The summed E-state index contributed by atoms with van der Waals surface area (Å²) in [6.45, 7) is 4.46. The van der Waals surface area contributed by atoms with E-state index in [2.05, 4.69) is 15.6 Å². The van der Waals surface area contributed by atoms with Crippen molar-refractivity contribution in [3.05, 3.63) is 59.4 Å². The van der Waals surface area contributed by atoms with Crippen LogP contribution in [0.1, 0.15) is 23.1 Å². The molecular weight excluding hydrogens is 302 g/mol. The predicted octanol–water partition coefficient (Wildman–Crippen LogP) is 2.59. The van der Waals surface area contributed by atoms with Gasteiger partial charge in [-0.05, 0) is 55.2 Å². The highest BCUT2D eigenvalue weighted by atomic mass is 16.2. The molecular formula is C19H21N3O2. The third-order valence-electron chi connectivity index (χ3n) is 4.54. The number of nitrogens with zero attached hydrogens (tertiary/aromatic N) is 1. The summed E-state index contributed by atoms with van der Waals surface area (Å²) in [6, 6.07) is 9.54. The van der Waals surface area contributed by atoms with Crippen molar-refractivity contribution in [2.45, 2.75) is 26.8 Å². The van der Waals surface area contributed by atoms with Crippen molar-refractivity contribution in [1.29, 1.82) is 0 Å². The third-order valence-corrected chi connectivity index (χ3v) is 4.54. The predicted molar refractivity (Wildman–Crippen MR) is 92.2 cm³/mol. The Kier molecular flexibility index (Phi) is 4.60. The Morgan fingerprint density at radius 1 is 1.08 bits per heavy atom. The van der Waals surface area contributed by atoms with Crippen LogP contribution in [0.4, 0.5) is 5.69 Å². The van der Waals surface area contributed by atoms with Crippen LogP contribution in [0, 0.1) is 25.7 Å². The second-order valence-electron chi connectivity index (χ2n) is 6.26.